The van der Waals surface area contributed by atoms with E-state index in [-0.39, 0.29) is 11.7 Å². The molecule has 2 N–H and O–H groups in total. The van der Waals surface area contributed by atoms with Crippen molar-refractivity contribution in [3.05, 3.63) is 33.3 Å². The zero-order valence-electron chi connectivity index (χ0n) is 9.99. The van der Waals surface area contributed by atoms with E-state index in [0.717, 1.165) is 32.4 Å². The molecule has 1 aromatic carbocycles. The number of nitrogens with one attached hydrogen (secondary N) is 2. The molecule has 1 saturated heterocycles. The fraction of sp³-hybridized carbons (Fsp3) is 0.500. The van der Waals surface area contributed by atoms with Crippen LogP contribution in [-0.2, 0) is 0 Å². The van der Waals surface area contributed by atoms with E-state index in [1.165, 1.54) is 6.07 Å². The van der Waals surface area contributed by atoms with E-state index in [9.17, 15) is 10.1 Å². The third-order valence-electron chi connectivity index (χ3n) is 3.09. The number of anilines is 1. The molecule has 1 unspecified atom stereocenters. The first-order valence-corrected chi connectivity index (χ1v) is 6.46. The molecule has 1 aliphatic heterocycles. The number of hydrogen-bond acceptors (Lipinski definition) is 4. The summed E-state index contributed by atoms with van der Waals surface area (Å²) in [6.07, 6.45) is 3.08. The second kappa shape index (κ2) is 6.02. The van der Waals surface area contributed by atoms with Crippen molar-refractivity contribution in [1.29, 1.82) is 0 Å². The maximum absolute atomic E-state index is 11.0. The number of benzene rings is 1. The molecule has 1 aliphatic rings. The molecule has 0 spiro atoms. The zero-order valence-corrected chi connectivity index (χ0v) is 10.7. The summed E-state index contributed by atoms with van der Waals surface area (Å²) in [5.74, 6) is 0. The molecular formula is C12H16ClN3O2. The number of nitrogens with zero attached hydrogens (tertiary/aromatic N) is 1. The highest BCUT2D eigenvalue weighted by molar-refractivity contribution is 6.30. The van der Waals surface area contributed by atoms with Gasteiger partial charge in [0, 0.05) is 17.1 Å². The van der Waals surface area contributed by atoms with E-state index in [4.69, 9.17) is 11.6 Å². The highest BCUT2D eigenvalue weighted by atomic mass is 35.5. The first kappa shape index (κ1) is 13.1. The second-order valence-electron chi connectivity index (χ2n) is 4.44. The van der Waals surface area contributed by atoms with Crippen LogP contribution in [0.5, 0.6) is 0 Å². The van der Waals surface area contributed by atoms with Crippen molar-refractivity contribution >= 4 is 23.0 Å². The Morgan fingerprint density at radius 2 is 2.22 bits per heavy atom. The van der Waals surface area contributed by atoms with Crippen LogP contribution in [0.3, 0.4) is 0 Å². The Morgan fingerprint density at radius 3 is 3.00 bits per heavy atom. The smallest absolute Gasteiger partial charge is 0.293 e. The summed E-state index contributed by atoms with van der Waals surface area (Å²) < 4.78 is 0. The number of hydrogen-bond donors (Lipinski definition) is 2. The zero-order chi connectivity index (χ0) is 13.0. The fourth-order valence-electron chi connectivity index (χ4n) is 2.16. The summed E-state index contributed by atoms with van der Waals surface area (Å²) in [5, 5.41) is 17.9. The van der Waals surface area contributed by atoms with Gasteiger partial charge >= 0.3 is 0 Å². The lowest BCUT2D eigenvalue weighted by atomic mass is 10.1. The third-order valence-corrected chi connectivity index (χ3v) is 3.33. The molecule has 0 saturated carbocycles. The SMILES string of the molecule is O=[N+]([O-])c1cc(Cl)ccc1NC1CCCNCC1. The minimum atomic E-state index is -0.400. The second-order valence-corrected chi connectivity index (χ2v) is 4.88. The Labute approximate surface area is 111 Å². The van der Waals surface area contributed by atoms with Gasteiger partial charge in [-0.05, 0) is 44.5 Å². The minimum Gasteiger partial charge on any atom is -0.377 e. The Kier molecular flexibility index (Phi) is 4.38. The lowest BCUT2D eigenvalue weighted by molar-refractivity contribution is -0.384. The number of nitro benzene ring substituents is 1. The summed E-state index contributed by atoms with van der Waals surface area (Å²) >= 11 is 5.79. The average Bonchev–Trinajstić information content (AvgIpc) is 2.60. The summed E-state index contributed by atoms with van der Waals surface area (Å²) in [6, 6.07) is 5.02. The van der Waals surface area contributed by atoms with Gasteiger partial charge in [0.05, 0.1) is 4.92 Å². The van der Waals surface area contributed by atoms with Gasteiger partial charge in [0.1, 0.15) is 5.69 Å². The Balaban J connectivity index is 2.14. The van der Waals surface area contributed by atoms with Gasteiger partial charge in [0.2, 0.25) is 0 Å². The number of rotatable bonds is 3. The van der Waals surface area contributed by atoms with E-state index in [1.807, 2.05) is 0 Å². The molecule has 1 fully saturated rings. The largest absolute Gasteiger partial charge is 0.377 e. The van der Waals surface area contributed by atoms with Gasteiger partial charge in [-0.3, -0.25) is 10.1 Å². The molecule has 6 heteroatoms. The number of nitro groups is 1. The lowest BCUT2D eigenvalue weighted by Gasteiger charge is -2.17. The minimum absolute atomic E-state index is 0.0414. The summed E-state index contributed by atoms with van der Waals surface area (Å²) in [5.41, 5.74) is 0.594. The van der Waals surface area contributed by atoms with Crippen LogP contribution in [0.1, 0.15) is 19.3 Å². The summed E-state index contributed by atoms with van der Waals surface area (Å²) in [6.45, 7) is 1.96. The monoisotopic (exact) mass is 269 g/mol. The van der Waals surface area contributed by atoms with Crippen molar-refractivity contribution in [3.8, 4) is 0 Å². The van der Waals surface area contributed by atoms with Gasteiger partial charge < -0.3 is 10.6 Å². The van der Waals surface area contributed by atoms with E-state index in [2.05, 4.69) is 10.6 Å². The third kappa shape index (κ3) is 3.34. The van der Waals surface area contributed by atoms with Crippen LogP contribution < -0.4 is 10.6 Å². The molecule has 98 valence electrons. The maximum atomic E-state index is 11.0. The van der Waals surface area contributed by atoms with Crippen LogP contribution in [0.4, 0.5) is 11.4 Å². The highest BCUT2D eigenvalue weighted by Gasteiger charge is 2.18. The normalized spacial score (nSPS) is 20.2. The topological polar surface area (TPSA) is 67.2 Å². The number of halogens is 1. The van der Waals surface area contributed by atoms with E-state index < -0.39 is 4.92 Å². The predicted octanol–water partition coefficient (Wildman–Crippen LogP) is 2.80. The average molecular weight is 270 g/mol. The summed E-state index contributed by atoms with van der Waals surface area (Å²) in [4.78, 5) is 10.6. The van der Waals surface area contributed by atoms with E-state index >= 15 is 0 Å². The van der Waals surface area contributed by atoms with Crippen molar-refractivity contribution in [1.82, 2.24) is 5.32 Å². The molecule has 1 atom stereocenters. The summed E-state index contributed by atoms with van der Waals surface area (Å²) in [7, 11) is 0. The Bertz CT molecular complexity index is 431. The highest BCUT2D eigenvalue weighted by Crippen LogP contribution is 2.29. The van der Waals surface area contributed by atoms with Gasteiger partial charge in [0.15, 0.2) is 0 Å². The standard InChI is InChI=1S/C12H16ClN3O2/c13-9-3-4-11(12(8-9)16(17)18)15-10-2-1-6-14-7-5-10/h3-4,8,10,14-15H,1-2,5-7H2. The van der Waals surface area contributed by atoms with Crippen molar-refractivity contribution in [3.63, 3.8) is 0 Å². The van der Waals surface area contributed by atoms with Crippen LogP contribution >= 0.6 is 11.6 Å². The van der Waals surface area contributed by atoms with E-state index in [1.54, 1.807) is 12.1 Å². The van der Waals surface area contributed by atoms with Gasteiger partial charge in [-0.1, -0.05) is 11.6 Å². The molecule has 1 aromatic rings. The lowest BCUT2D eigenvalue weighted by Crippen LogP contribution is -2.21. The molecule has 0 radical (unpaired) electrons. The van der Waals surface area contributed by atoms with Crippen molar-refractivity contribution in [2.24, 2.45) is 0 Å². The molecular weight excluding hydrogens is 254 g/mol. The van der Waals surface area contributed by atoms with Crippen LogP contribution in [0, 0.1) is 10.1 Å². The van der Waals surface area contributed by atoms with Gasteiger partial charge in [0.25, 0.3) is 5.69 Å². The van der Waals surface area contributed by atoms with Crippen LogP contribution in [0.15, 0.2) is 18.2 Å². The van der Waals surface area contributed by atoms with Crippen molar-refractivity contribution in [2.75, 3.05) is 18.4 Å². The molecule has 5 nitrogen and oxygen atoms in total. The fourth-order valence-corrected chi connectivity index (χ4v) is 2.33. The molecule has 18 heavy (non-hydrogen) atoms. The molecule has 0 aromatic heterocycles. The molecule has 2 rings (SSSR count). The van der Waals surface area contributed by atoms with Gasteiger partial charge in [-0.25, -0.2) is 0 Å². The van der Waals surface area contributed by atoms with Gasteiger partial charge in [-0.2, -0.15) is 0 Å². The maximum Gasteiger partial charge on any atom is 0.293 e. The van der Waals surface area contributed by atoms with Crippen molar-refractivity contribution < 1.29 is 4.92 Å². The molecule has 0 bridgehead atoms. The van der Waals surface area contributed by atoms with Gasteiger partial charge in [-0.15, -0.1) is 0 Å². The van der Waals surface area contributed by atoms with Crippen LogP contribution in [0.2, 0.25) is 5.02 Å². The quantitative estimate of drug-likeness (QED) is 0.654. The van der Waals surface area contributed by atoms with E-state index in [0.29, 0.717) is 10.7 Å². The van der Waals surface area contributed by atoms with Crippen molar-refractivity contribution in [2.45, 2.75) is 25.3 Å². The van der Waals surface area contributed by atoms with Crippen LogP contribution in [0.25, 0.3) is 0 Å². The molecule has 0 aliphatic carbocycles. The Hall–Kier alpha value is -1.33. The molecule has 1 heterocycles. The first-order chi connectivity index (χ1) is 8.66. The molecule has 0 amide bonds. The Morgan fingerprint density at radius 1 is 1.39 bits per heavy atom. The van der Waals surface area contributed by atoms with Crippen LogP contribution in [-0.4, -0.2) is 24.1 Å². The first-order valence-electron chi connectivity index (χ1n) is 6.08. The predicted molar refractivity (Wildman–Crippen MR) is 72.2 cm³/mol.